The summed E-state index contributed by atoms with van der Waals surface area (Å²) in [5.41, 5.74) is 0. The number of anilines is 1. The van der Waals surface area contributed by atoms with Gasteiger partial charge in [-0.1, -0.05) is 24.4 Å². The second-order valence-corrected chi connectivity index (χ2v) is 7.24. The van der Waals surface area contributed by atoms with Gasteiger partial charge < -0.3 is 14.7 Å². The van der Waals surface area contributed by atoms with E-state index in [-0.39, 0.29) is 17.1 Å². The highest BCUT2D eigenvalue weighted by molar-refractivity contribution is 8.01. The Kier molecular flexibility index (Phi) is 6.95. The molecule has 128 valence electrons. The molecule has 7 heteroatoms. The van der Waals surface area contributed by atoms with Gasteiger partial charge in [0.05, 0.1) is 11.0 Å². The van der Waals surface area contributed by atoms with Crippen LogP contribution < -0.4 is 5.32 Å². The molecular formula is C16H25N3O3S. The second kappa shape index (κ2) is 8.96. The van der Waals surface area contributed by atoms with Crippen LogP contribution in [-0.2, 0) is 9.59 Å². The molecule has 2 rings (SSSR count). The van der Waals surface area contributed by atoms with Crippen LogP contribution in [-0.4, -0.2) is 46.0 Å². The third-order valence-corrected chi connectivity index (χ3v) is 5.04. The third-order valence-electron chi connectivity index (χ3n) is 3.91. The highest BCUT2D eigenvalue weighted by Gasteiger charge is 2.20. The van der Waals surface area contributed by atoms with Crippen molar-refractivity contribution in [3.05, 3.63) is 11.8 Å². The van der Waals surface area contributed by atoms with Gasteiger partial charge in [-0.2, -0.15) is 0 Å². The number of nitrogens with one attached hydrogen (secondary N) is 1. The van der Waals surface area contributed by atoms with E-state index in [1.165, 1.54) is 31.0 Å². The van der Waals surface area contributed by atoms with Gasteiger partial charge in [-0.15, -0.1) is 11.8 Å². The lowest BCUT2D eigenvalue weighted by Crippen LogP contribution is -2.36. The molecule has 1 atom stereocenters. The molecule has 1 N–H and O–H groups in total. The van der Waals surface area contributed by atoms with Gasteiger partial charge in [-0.25, -0.2) is 0 Å². The van der Waals surface area contributed by atoms with Crippen LogP contribution in [0.2, 0.25) is 0 Å². The second-order valence-electron chi connectivity index (χ2n) is 5.91. The van der Waals surface area contributed by atoms with Crippen LogP contribution in [0.25, 0.3) is 0 Å². The first-order valence-corrected chi connectivity index (χ1v) is 9.24. The van der Waals surface area contributed by atoms with Crippen LogP contribution in [0.5, 0.6) is 0 Å². The maximum Gasteiger partial charge on any atom is 0.238 e. The summed E-state index contributed by atoms with van der Waals surface area (Å²) in [5, 5.41) is 6.12. The molecule has 0 aromatic carbocycles. The summed E-state index contributed by atoms with van der Waals surface area (Å²) in [6, 6.07) is 1.67. The summed E-state index contributed by atoms with van der Waals surface area (Å²) < 4.78 is 4.91. The summed E-state index contributed by atoms with van der Waals surface area (Å²) in [6.07, 6.45) is 5.84. The number of aromatic nitrogens is 1. The first-order chi connectivity index (χ1) is 11.1. The van der Waals surface area contributed by atoms with E-state index in [1.807, 2.05) is 4.90 Å². The van der Waals surface area contributed by atoms with Gasteiger partial charge in [0.25, 0.3) is 0 Å². The number of hydrogen-bond acceptors (Lipinski definition) is 5. The summed E-state index contributed by atoms with van der Waals surface area (Å²) in [6.45, 7) is 5.26. The largest absolute Gasteiger partial charge is 0.360 e. The van der Waals surface area contributed by atoms with Crippen LogP contribution in [0, 0.1) is 6.92 Å². The minimum atomic E-state index is -0.314. The Hall–Kier alpha value is -1.50. The Bertz CT molecular complexity index is 524. The highest BCUT2D eigenvalue weighted by Crippen LogP contribution is 2.16. The predicted octanol–water partition coefficient (Wildman–Crippen LogP) is 2.84. The van der Waals surface area contributed by atoms with Crippen molar-refractivity contribution in [1.82, 2.24) is 10.1 Å². The van der Waals surface area contributed by atoms with Crippen molar-refractivity contribution >= 4 is 29.4 Å². The molecule has 2 heterocycles. The van der Waals surface area contributed by atoms with Gasteiger partial charge in [-0.05, 0) is 26.7 Å². The van der Waals surface area contributed by atoms with Crippen LogP contribution in [0.1, 0.15) is 44.8 Å². The lowest BCUT2D eigenvalue weighted by molar-refractivity contribution is -0.128. The summed E-state index contributed by atoms with van der Waals surface area (Å²) >= 11 is 1.36. The highest BCUT2D eigenvalue weighted by atomic mass is 32.2. The van der Waals surface area contributed by atoms with E-state index in [2.05, 4.69) is 10.5 Å². The molecule has 2 amide bonds. The molecular weight excluding hydrogens is 314 g/mol. The van der Waals surface area contributed by atoms with Crippen LogP contribution in [0.4, 0.5) is 5.82 Å². The van der Waals surface area contributed by atoms with Crippen LogP contribution in [0.15, 0.2) is 10.6 Å². The SMILES string of the molecule is Cc1cc(NC(=O)C(C)SCC(=O)N2CCCCCCC2)no1. The Morgan fingerprint density at radius 3 is 2.57 bits per heavy atom. The van der Waals surface area contributed by atoms with Crippen molar-refractivity contribution in [1.29, 1.82) is 0 Å². The van der Waals surface area contributed by atoms with E-state index in [9.17, 15) is 9.59 Å². The van der Waals surface area contributed by atoms with Crippen molar-refractivity contribution in [2.75, 3.05) is 24.2 Å². The molecule has 1 saturated heterocycles. The zero-order chi connectivity index (χ0) is 16.7. The van der Waals surface area contributed by atoms with Gasteiger partial charge in [0.15, 0.2) is 5.82 Å². The number of likely N-dealkylation sites (tertiary alicyclic amines) is 1. The number of nitrogens with zero attached hydrogens (tertiary/aromatic N) is 2. The quantitative estimate of drug-likeness (QED) is 0.893. The standard InChI is InChI=1S/C16H25N3O3S/c1-12-10-14(18-22-12)17-16(21)13(2)23-11-15(20)19-8-6-4-3-5-7-9-19/h10,13H,3-9,11H2,1-2H3,(H,17,18,21). The van der Waals surface area contributed by atoms with Crippen molar-refractivity contribution in [3.63, 3.8) is 0 Å². The number of hydrogen-bond donors (Lipinski definition) is 1. The van der Waals surface area contributed by atoms with E-state index < -0.39 is 0 Å². The fourth-order valence-corrected chi connectivity index (χ4v) is 3.30. The number of carbonyl (C=O) groups is 2. The number of aryl methyl sites for hydroxylation is 1. The van der Waals surface area contributed by atoms with Gasteiger partial charge in [0.1, 0.15) is 5.76 Å². The van der Waals surface area contributed by atoms with Crippen LogP contribution >= 0.6 is 11.8 Å². The molecule has 0 bridgehead atoms. The van der Waals surface area contributed by atoms with Crippen molar-refractivity contribution in [2.24, 2.45) is 0 Å². The normalized spacial score (nSPS) is 17.2. The lowest BCUT2D eigenvalue weighted by atomic mass is 10.1. The summed E-state index contributed by atoms with van der Waals surface area (Å²) in [7, 11) is 0. The fraction of sp³-hybridized carbons (Fsp3) is 0.688. The number of rotatable bonds is 5. The molecule has 23 heavy (non-hydrogen) atoms. The molecule has 1 aromatic heterocycles. The molecule has 1 aliphatic rings. The molecule has 1 fully saturated rings. The van der Waals surface area contributed by atoms with E-state index in [0.29, 0.717) is 17.3 Å². The smallest absolute Gasteiger partial charge is 0.238 e. The first-order valence-electron chi connectivity index (χ1n) is 8.20. The Morgan fingerprint density at radius 2 is 1.96 bits per heavy atom. The van der Waals surface area contributed by atoms with E-state index in [0.717, 1.165) is 25.9 Å². The monoisotopic (exact) mass is 339 g/mol. The molecule has 0 spiro atoms. The predicted molar refractivity (Wildman–Crippen MR) is 91.5 cm³/mol. The van der Waals surface area contributed by atoms with Crippen molar-refractivity contribution < 1.29 is 14.1 Å². The van der Waals surface area contributed by atoms with Gasteiger partial charge >= 0.3 is 0 Å². The fourth-order valence-electron chi connectivity index (χ4n) is 2.51. The molecule has 1 aliphatic heterocycles. The third kappa shape index (κ3) is 5.89. The maximum atomic E-state index is 12.3. The minimum absolute atomic E-state index is 0.133. The average molecular weight is 339 g/mol. The van der Waals surface area contributed by atoms with E-state index in [1.54, 1.807) is 19.9 Å². The molecule has 1 unspecified atom stereocenters. The molecule has 1 aromatic rings. The Morgan fingerprint density at radius 1 is 1.30 bits per heavy atom. The maximum absolute atomic E-state index is 12.3. The zero-order valence-corrected chi connectivity index (χ0v) is 14.7. The Balaban J connectivity index is 1.74. The van der Waals surface area contributed by atoms with Gasteiger partial charge in [0.2, 0.25) is 11.8 Å². The molecule has 6 nitrogen and oxygen atoms in total. The molecule has 0 radical (unpaired) electrons. The zero-order valence-electron chi connectivity index (χ0n) is 13.8. The Labute approximate surface area is 141 Å². The lowest BCUT2D eigenvalue weighted by Gasteiger charge is -2.25. The van der Waals surface area contributed by atoms with E-state index >= 15 is 0 Å². The summed E-state index contributed by atoms with van der Waals surface area (Å²) in [5.74, 6) is 1.37. The minimum Gasteiger partial charge on any atom is -0.360 e. The van der Waals surface area contributed by atoms with Crippen LogP contribution in [0.3, 0.4) is 0 Å². The summed E-state index contributed by atoms with van der Waals surface area (Å²) in [4.78, 5) is 26.3. The van der Waals surface area contributed by atoms with Gasteiger partial charge in [0, 0.05) is 19.2 Å². The molecule has 0 saturated carbocycles. The van der Waals surface area contributed by atoms with Crippen molar-refractivity contribution in [2.45, 2.75) is 51.2 Å². The van der Waals surface area contributed by atoms with E-state index in [4.69, 9.17) is 4.52 Å². The van der Waals surface area contributed by atoms with Gasteiger partial charge in [-0.3, -0.25) is 9.59 Å². The molecule has 0 aliphatic carbocycles. The number of carbonyl (C=O) groups excluding carboxylic acids is 2. The van der Waals surface area contributed by atoms with Crippen molar-refractivity contribution in [3.8, 4) is 0 Å². The average Bonchev–Trinajstić information content (AvgIpc) is 2.89. The number of thioether (sulfide) groups is 1. The topological polar surface area (TPSA) is 75.4 Å². The first kappa shape index (κ1) is 17.8. The number of amides is 2.